The smallest absolute Gasteiger partial charge is 0.310 e. The number of hydrogen-bond acceptors (Lipinski definition) is 4. The highest BCUT2D eigenvalue weighted by Gasteiger charge is 2.39. The molecule has 2 rings (SSSR count). The lowest BCUT2D eigenvalue weighted by Gasteiger charge is -2.40. The van der Waals surface area contributed by atoms with E-state index in [0.717, 1.165) is 20.0 Å². The average molecular weight is 271 g/mol. The van der Waals surface area contributed by atoms with Gasteiger partial charge in [0.1, 0.15) is 0 Å². The Bertz CT molecular complexity index is 300. The Morgan fingerprint density at radius 3 is 2.53 bits per heavy atom. The van der Waals surface area contributed by atoms with Gasteiger partial charge < -0.3 is 15.2 Å². The molecule has 2 aliphatic rings. The molecule has 1 aliphatic heterocycles. The van der Waals surface area contributed by atoms with Crippen LogP contribution in [0, 0.1) is 17.8 Å². The van der Waals surface area contributed by atoms with Crippen LogP contribution < -0.4 is 5.32 Å². The summed E-state index contributed by atoms with van der Waals surface area (Å²) in [5.41, 5.74) is 0. The van der Waals surface area contributed by atoms with E-state index < -0.39 is 5.97 Å². The molecule has 1 saturated heterocycles. The molecular formula is C14H25NO4. The van der Waals surface area contributed by atoms with Crippen LogP contribution in [0.2, 0.25) is 0 Å². The van der Waals surface area contributed by atoms with Gasteiger partial charge in [0.25, 0.3) is 5.97 Å². The highest BCUT2D eigenvalue weighted by molar-refractivity contribution is 5.73. The molecule has 0 aromatic heterocycles. The molecule has 1 heterocycles. The lowest BCUT2D eigenvalue weighted by molar-refractivity contribution is -0.152. The van der Waals surface area contributed by atoms with Gasteiger partial charge >= 0.3 is 5.97 Å². The van der Waals surface area contributed by atoms with Gasteiger partial charge in [-0.2, -0.15) is 0 Å². The van der Waals surface area contributed by atoms with Crippen LogP contribution in [0.25, 0.3) is 0 Å². The summed E-state index contributed by atoms with van der Waals surface area (Å²) in [4.78, 5) is 20.8. The van der Waals surface area contributed by atoms with E-state index in [-0.39, 0.29) is 11.9 Å². The van der Waals surface area contributed by atoms with Gasteiger partial charge in [0.15, 0.2) is 0 Å². The number of esters is 1. The van der Waals surface area contributed by atoms with E-state index in [1.165, 1.54) is 25.7 Å². The number of aliphatic carboxylic acids is 1. The van der Waals surface area contributed by atoms with Gasteiger partial charge in [0.2, 0.25) is 0 Å². The maximum Gasteiger partial charge on any atom is 0.310 e. The third-order valence-electron chi connectivity index (χ3n) is 3.84. The number of nitrogens with one attached hydrogen (secondary N) is 1. The van der Waals surface area contributed by atoms with Crippen molar-refractivity contribution in [1.82, 2.24) is 5.32 Å². The molecule has 110 valence electrons. The van der Waals surface area contributed by atoms with E-state index in [1.807, 2.05) is 6.92 Å². The maximum absolute atomic E-state index is 11.8. The summed E-state index contributed by atoms with van der Waals surface area (Å²) < 4.78 is 5.15. The highest BCUT2D eigenvalue weighted by atomic mass is 16.5. The first-order chi connectivity index (χ1) is 9.06. The van der Waals surface area contributed by atoms with E-state index in [9.17, 15) is 4.79 Å². The number of piperidine rings is 1. The quantitative estimate of drug-likeness (QED) is 0.747. The fourth-order valence-corrected chi connectivity index (χ4v) is 3.10. The number of carboxylic acid groups (broad SMARTS) is 1. The first-order valence-corrected chi connectivity index (χ1v) is 7.13. The topological polar surface area (TPSA) is 75.6 Å². The molecule has 3 atom stereocenters. The summed E-state index contributed by atoms with van der Waals surface area (Å²) in [5.74, 6) is 0.589. The monoisotopic (exact) mass is 271 g/mol. The lowest BCUT2D eigenvalue weighted by Crippen LogP contribution is -2.48. The van der Waals surface area contributed by atoms with Gasteiger partial charge in [-0.25, -0.2) is 0 Å². The molecule has 0 aromatic carbocycles. The van der Waals surface area contributed by atoms with Crippen molar-refractivity contribution in [3.63, 3.8) is 0 Å². The van der Waals surface area contributed by atoms with Crippen molar-refractivity contribution in [3.8, 4) is 0 Å². The van der Waals surface area contributed by atoms with Gasteiger partial charge in [0, 0.05) is 13.5 Å². The zero-order valence-electron chi connectivity index (χ0n) is 11.9. The summed E-state index contributed by atoms with van der Waals surface area (Å²) in [6.07, 6.45) is 5.12. The van der Waals surface area contributed by atoms with Crippen LogP contribution in [0.1, 0.15) is 39.5 Å². The van der Waals surface area contributed by atoms with Crippen LogP contribution in [0.4, 0.5) is 0 Å². The number of ether oxygens (including phenoxy) is 1. The molecule has 0 aromatic rings. The average Bonchev–Trinajstić information content (AvgIpc) is 2.37. The molecule has 1 aliphatic carbocycles. The first-order valence-electron chi connectivity index (χ1n) is 7.13. The second-order valence-electron chi connectivity index (χ2n) is 5.24. The van der Waals surface area contributed by atoms with Gasteiger partial charge in [-0.3, -0.25) is 9.59 Å². The molecule has 3 unspecified atom stereocenters. The molecule has 19 heavy (non-hydrogen) atoms. The summed E-state index contributed by atoms with van der Waals surface area (Å²) in [5, 5.41) is 10.8. The predicted molar refractivity (Wildman–Crippen MR) is 71.8 cm³/mol. The van der Waals surface area contributed by atoms with Crippen LogP contribution in [0.3, 0.4) is 0 Å². The van der Waals surface area contributed by atoms with E-state index in [1.54, 1.807) is 0 Å². The maximum atomic E-state index is 11.8. The number of carbonyl (C=O) groups excluding carboxylic acids is 1. The normalized spacial score (nSPS) is 29.5. The number of carbonyl (C=O) groups is 2. The zero-order valence-corrected chi connectivity index (χ0v) is 11.9. The van der Waals surface area contributed by atoms with Gasteiger partial charge in [-0.15, -0.1) is 0 Å². The second kappa shape index (κ2) is 8.15. The van der Waals surface area contributed by atoms with Crippen LogP contribution in [-0.2, 0) is 14.3 Å². The van der Waals surface area contributed by atoms with E-state index in [0.29, 0.717) is 18.4 Å². The zero-order chi connectivity index (χ0) is 14.3. The van der Waals surface area contributed by atoms with Crippen molar-refractivity contribution in [2.75, 3.05) is 19.7 Å². The standard InChI is InChI=1S/C12H21NO2.C2H4O2/c1-2-15-12(14)11-8-13-7-9-5-3-4-6-10(9)11;1-2(3)4/h9-11,13H,2-8H2,1H3;1H3,(H,3,4). The Hall–Kier alpha value is -1.10. The third-order valence-corrected chi connectivity index (χ3v) is 3.84. The molecular weight excluding hydrogens is 246 g/mol. The van der Waals surface area contributed by atoms with Gasteiger partial charge in [-0.1, -0.05) is 12.8 Å². The second-order valence-corrected chi connectivity index (χ2v) is 5.24. The molecule has 2 N–H and O–H groups in total. The fourth-order valence-electron chi connectivity index (χ4n) is 3.10. The molecule has 0 bridgehead atoms. The number of fused-ring (bicyclic) bond motifs is 1. The summed E-state index contributed by atoms with van der Waals surface area (Å²) in [6, 6.07) is 0. The Balaban J connectivity index is 0.000000399. The molecule has 5 heteroatoms. The molecule has 0 spiro atoms. The fraction of sp³-hybridized carbons (Fsp3) is 0.857. The Morgan fingerprint density at radius 2 is 1.89 bits per heavy atom. The number of rotatable bonds is 2. The molecule has 5 nitrogen and oxygen atoms in total. The highest BCUT2D eigenvalue weighted by Crippen LogP contribution is 2.37. The Morgan fingerprint density at radius 1 is 1.26 bits per heavy atom. The van der Waals surface area contributed by atoms with Crippen LogP contribution >= 0.6 is 0 Å². The van der Waals surface area contributed by atoms with Crippen molar-refractivity contribution >= 4 is 11.9 Å². The van der Waals surface area contributed by atoms with Crippen molar-refractivity contribution in [2.45, 2.75) is 39.5 Å². The minimum Gasteiger partial charge on any atom is -0.481 e. The number of hydrogen-bond donors (Lipinski definition) is 2. The summed E-state index contributed by atoms with van der Waals surface area (Å²) >= 11 is 0. The van der Waals surface area contributed by atoms with Crippen LogP contribution in [-0.4, -0.2) is 36.7 Å². The van der Waals surface area contributed by atoms with E-state index >= 15 is 0 Å². The van der Waals surface area contributed by atoms with Gasteiger partial charge in [-0.05, 0) is 38.1 Å². The number of carboxylic acids is 1. The lowest BCUT2D eigenvalue weighted by atomic mass is 9.70. The third kappa shape index (κ3) is 5.19. The molecule has 0 radical (unpaired) electrons. The predicted octanol–water partition coefficient (Wildman–Crippen LogP) is 1.67. The Labute approximate surface area is 114 Å². The van der Waals surface area contributed by atoms with Crippen molar-refractivity contribution < 1.29 is 19.4 Å². The largest absolute Gasteiger partial charge is 0.481 e. The van der Waals surface area contributed by atoms with Crippen molar-refractivity contribution in [1.29, 1.82) is 0 Å². The molecule has 1 saturated carbocycles. The SMILES string of the molecule is CC(=O)O.CCOC(=O)C1CNCC2CCCCC21. The van der Waals surface area contributed by atoms with Gasteiger partial charge in [0.05, 0.1) is 12.5 Å². The van der Waals surface area contributed by atoms with Crippen molar-refractivity contribution in [2.24, 2.45) is 17.8 Å². The van der Waals surface area contributed by atoms with E-state index in [2.05, 4.69) is 5.32 Å². The minimum atomic E-state index is -0.833. The van der Waals surface area contributed by atoms with Crippen LogP contribution in [0.5, 0.6) is 0 Å². The first kappa shape index (κ1) is 16.0. The van der Waals surface area contributed by atoms with Crippen LogP contribution in [0.15, 0.2) is 0 Å². The molecule has 2 fully saturated rings. The summed E-state index contributed by atoms with van der Waals surface area (Å²) in [6.45, 7) is 5.39. The minimum absolute atomic E-state index is 0.0154. The Kier molecular flexibility index (Phi) is 6.84. The summed E-state index contributed by atoms with van der Waals surface area (Å²) in [7, 11) is 0. The van der Waals surface area contributed by atoms with Crippen molar-refractivity contribution in [3.05, 3.63) is 0 Å². The molecule has 0 amide bonds. The van der Waals surface area contributed by atoms with E-state index in [4.69, 9.17) is 14.6 Å².